The van der Waals surface area contributed by atoms with Gasteiger partial charge in [-0.15, -0.1) is 0 Å². The fourth-order valence-electron chi connectivity index (χ4n) is 2.37. The van der Waals surface area contributed by atoms with Gasteiger partial charge in [0.1, 0.15) is 0 Å². The van der Waals surface area contributed by atoms with E-state index in [1.807, 2.05) is 31.2 Å². The maximum absolute atomic E-state index is 12.2. The molecule has 0 spiro atoms. The van der Waals surface area contributed by atoms with Gasteiger partial charge in [0, 0.05) is 17.8 Å². The van der Waals surface area contributed by atoms with Crippen molar-refractivity contribution < 1.29 is 19.0 Å². The van der Waals surface area contributed by atoms with Gasteiger partial charge in [-0.05, 0) is 12.5 Å². The number of hydrogen-bond donors (Lipinski definition) is 1. The summed E-state index contributed by atoms with van der Waals surface area (Å²) in [5.74, 6) is 1.38. The molecule has 0 saturated carbocycles. The number of carbonyl (C=O) groups is 1. The van der Waals surface area contributed by atoms with E-state index < -0.39 is 0 Å². The van der Waals surface area contributed by atoms with Crippen molar-refractivity contribution in [2.45, 2.75) is 13.3 Å². The maximum atomic E-state index is 12.2. The number of anilines is 1. The fourth-order valence-corrected chi connectivity index (χ4v) is 2.37. The Balaban J connectivity index is 2.17. The molecule has 0 aliphatic carbocycles. The molecule has 5 nitrogen and oxygen atoms in total. The second-order valence-electron chi connectivity index (χ2n) is 5.13. The average molecular weight is 315 g/mol. The number of ether oxygens (including phenoxy) is 3. The summed E-state index contributed by atoms with van der Waals surface area (Å²) in [5.41, 5.74) is 2.69. The molecule has 0 saturated heterocycles. The Kier molecular flexibility index (Phi) is 5.46. The minimum Gasteiger partial charge on any atom is -0.493 e. The Morgan fingerprint density at radius 3 is 2.17 bits per heavy atom. The highest BCUT2D eigenvalue weighted by molar-refractivity contribution is 5.93. The van der Waals surface area contributed by atoms with Crippen molar-refractivity contribution in [2.24, 2.45) is 0 Å². The summed E-state index contributed by atoms with van der Waals surface area (Å²) < 4.78 is 15.8. The van der Waals surface area contributed by atoms with Gasteiger partial charge in [-0.25, -0.2) is 0 Å². The molecular formula is C18H21NO4. The lowest BCUT2D eigenvalue weighted by Crippen LogP contribution is -2.14. The molecule has 0 aliphatic heterocycles. The fraction of sp³-hybridized carbons (Fsp3) is 0.278. The summed E-state index contributed by atoms with van der Waals surface area (Å²) in [6.07, 6.45) is 0.304. The first-order valence-electron chi connectivity index (χ1n) is 7.22. The molecule has 0 radical (unpaired) electrons. The molecule has 2 rings (SSSR count). The van der Waals surface area contributed by atoms with E-state index >= 15 is 0 Å². The van der Waals surface area contributed by atoms with Crippen LogP contribution < -0.4 is 19.5 Å². The van der Waals surface area contributed by atoms with Crippen molar-refractivity contribution in [3.63, 3.8) is 0 Å². The summed E-state index contributed by atoms with van der Waals surface area (Å²) >= 11 is 0. The standard InChI is InChI=1S/C18H21NO4/c1-12-6-5-7-13(8-12)9-17(20)19-14-10-15(21-2)18(23-4)16(11-14)22-3/h5-8,10-11H,9H2,1-4H3,(H,19,20). The highest BCUT2D eigenvalue weighted by Crippen LogP contribution is 2.39. The highest BCUT2D eigenvalue weighted by atomic mass is 16.5. The SMILES string of the molecule is COc1cc(NC(=O)Cc2cccc(C)c2)cc(OC)c1OC. The molecule has 23 heavy (non-hydrogen) atoms. The molecule has 2 aromatic carbocycles. The van der Waals surface area contributed by atoms with E-state index in [0.29, 0.717) is 29.4 Å². The van der Waals surface area contributed by atoms with Gasteiger partial charge in [0.05, 0.1) is 27.8 Å². The van der Waals surface area contributed by atoms with Crippen LogP contribution in [0.3, 0.4) is 0 Å². The number of nitrogens with one attached hydrogen (secondary N) is 1. The van der Waals surface area contributed by atoms with E-state index in [4.69, 9.17) is 14.2 Å². The van der Waals surface area contributed by atoms with E-state index in [-0.39, 0.29) is 5.91 Å². The van der Waals surface area contributed by atoms with Gasteiger partial charge in [0.15, 0.2) is 11.5 Å². The maximum Gasteiger partial charge on any atom is 0.228 e. The molecule has 0 aromatic heterocycles. The van der Waals surface area contributed by atoms with Gasteiger partial charge in [0.25, 0.3) is 0 Å². The smallest absolute Gasteiger partial charge is 0.228 e. The molecule has 0 heterocycles. The average Bonchev–Trinajstić information content (AvgIpc) is 2.53. The second-order valence-corrected chi connectivity index (χ2v) is 5.13. The summed E-state index contributed by atoms with van der Waals surface area (Å²) in [4.78, 5) is 12.2. The normalized spacial score (nSPS) is 10.1. The van der Waals surface area contributed by atoms with Crippen molar-refractivity contribution in [1.29, 1.82) is 0 Å². The lowest BCUT2D eigenvalue weighted by Gasteiger charge is -2.14. The van der Waals surface area contributed by atoms with Crippen LogP contribution in [0, 0.1) is 6.92 Å². The van der Waals surface area contributed by atoms with E-state index in [1.54, 1.807) is 12.1 Å². The molecule has 0 unspecified atom stereocenters. The van der Waals surface area contributed by atoms with Crippen molar-refractivity contribution in [2.75, 3.05) is 26.6 Å². The largest absolute Gasteiger partial charge is 0.493 e. The first-order valence-corrected chi connectivity index (χ1v) is 7.22. The van der Waals surface area contributed by atoms with Crippen molar-refractivity contribution in [3.05, 3.63) is 47.5 Å². The van der Waals surface area contributed by atoms with Crippen LogP contribution >= 0.6 is 0 Å². The zero-order chi connectivity index (χ0) is 16.8. The first kappa shape index (κ1) is 16.7. The van der Waals surface area contributed by atoms with Crippen molar-refractivity contribution in [3.8, 4) is 17.2 Å². The summed E-state index contributed by atoms with van der Waals surface area (Å²) in [6, 6.07) is 11.3. The molecular weight excluding hydrogens is 294 g/mol. The van der Waals surface area contributed by atoms with E-state index in [1.165, 1.54) is 21.3 Å². The van der Waals surface area contributed by atoms with Crippen LogP contribution in [0.2, 0.25) is 0 Å². The van der Waals surface area contributed by atoms with Crippen LogP contribution in [-0.2, 0) is 11.2 Å². The molecule has 5 heteroatoms. The molecule has 2 aromatic rings. The second kappa shape index (κ2) is 7.54. The van der Waals surface area contributed by atoms with Gasteiger partial charge in [0.2, 0.25) is 11.7 Å². The zero-order valence-electron chi connectivity index (χ0n) is 13.8. The quantitative estimate of drug-likeness (QED) is 0.889. The number of hydrogen-bond acceptors (Lipinski definition) is 4. The minimum atomic E-state index is -0.107. The molecule has 1 amide bonds. The first-order chi connectivity index (χ1) is 11.1. The van der Waals surface area contributed by atoms with Gasteiger partial charge < -0.3 is 19.5 Å². The van der Waals surface area contributed by atoms with E-state index in [2.05, 4.69) is 5.32 Å². The third-order valence-corrected chi connectivity index (χ3v) is 3.40. The van der Waals surface area contributed by atoms with E-state index in [0.717, 1.165) is 11.1 Å². The van der Waals surface area contributed by atoms with Gasteiger partial charge in [-0.3, -0.25) is 4.79 Å². The number of carbonyl (C=O) groups excluding carboxylic acids is 1. The van der Waals surface area contributed by atoms with Crippen LogP contribution in [0.25, 0.3) is 0 Å². The number of aryl methyl sites for hydroxylation is 1. The molecule has 0 aliphatic rings. The van der Waals surface area contributed by atoms with Crippen LogP contribution in [0.5, 0.6) is 17.2 Å². The highest BCUT2D eigenvalue weighted by Gasteiger charge is 2.14. The Labute approximate surface area is 136 Å². The van der Waals surface area contributed by atoms with Gasteiger partial charge in [-0.2, -0.15) is 0 Å². The lowest BCUT2D eigenvalue weighted by molar-refractivity contribution is -0.115. The van der Waals surface area contributed by atoms with Crippen molar-refractivity contribution in [1.82, 2.24) is 0 Å². The Morgan fingerprint density at radius 2 is 1.65 bits per heavy atom. The molecule has 0 fully saturated rings. The summed E-state index contributed by atoms with van der Waals surface area (Å²) in [6.45, 7) is 2.00. The predicted molar refractivity (Wildman–Crippen MR) is 89.6 cm³/mol. The van der Waals surface area contributed by atoms with Gasteiger partial charge >= 0.3 is 0 Å². The third-order valence-electron chi connectivity index (χ3n) is 3.40. The number of methoxy groups -OCH3 is 3. The number of rotatable bonds is 6. The summed E-state index contributed by atoms with van der Waals surface area (Å²) in [7, 11) is 4.61. The van der Waals surface area contributed by atoms with Crippen LogP contribution in [0.15, 0.2) is 36.4 Å². The molecule has 0 bridgehead atoms. The monoisotopic (exact) mass is 315 g/mol. The minimum absolute atomic E-state index is 0.107. The lowest BCUT2D eigenvalue weighted by atomic mass is 10.1. The molecule has 122 valence electrons. The number of amides is 1. The van der Waals surface area contributed by atoms with Crippen molar-refractivity contribution >= 4 is 11.6 Å². The van der Waals surface area contributed by atoms with Crippen LogP contribution in [0.4, 0.5) is 5.69 Å². The Morgan fingerprint density at radius 1 is 1.00 bits per heavy atom. The summed E-state index contributed by atoms with van der Waals surface area (Å²) in [5, 5.41) is 2.86. The third kappa shape index (κ3) is 4.16. The van der Waals surface area contributed by atoms with Crippen LogP contribution in [0.1, 0.15) is 11.1 Å². The molecule has 0 atom stereocenters. The Hall–Kier alpha value is -2.69. The molecule has 1 N–H and O–H groups in total. The van der Waals surface area contributed by atoms with Gasteiger partial charge in [-0.1, -0.05) is 29.8 Å². The van der Waals surface area contributed by atoms with E-state index in [9.17, 15) is 4.79 Å². The predicted octanol–water partition coefficient (Wildman–Crippen LogP) is 3.20. The zero-order valence-corrected chi connectivity index (χ0v) is 13.8. The topological polar surface area (TPSA) is 56.8 Å². The van der Waals surface area contributed by atoms with Crippen LogP contribution in [-0.4, -0.2) is 27.2 Å². The Bertz CT molecular complexity index is 672. The number of benzene rings is 2.